The van der Waals surface area contributed by atoms with E-state index >= 15 is 0 Å². The van der Waals surface area contributed by atoms with Crippen molar-refractivity contribution in [1.82, 2.24) is 0 Å². The lowest BCUT2D eigenvalue weighted by Gasteiger charge is -2.04. The Kier molecular flexibility index (Phi) is 4.61. The van der Waals surface area contributed by atoms with Crippen LogP contribution in [0, 0.1) is 0 Å². The third kappa shape index (κ3) is 3.63. The normalized spacial score (nSPS) is 10.6. The largest absolute Gasteiger partial charge is 0.507 e. The number of rotatable bonds is 5. The predicted molar refractivity (Wildman–Crippen MR) is 81.0 cm³/mol. The van der Waals surface area contributed by atoms with Gasteiger partial charge in [0, 0.05) is 6.07 Å². The van der Waals surface area contributed by atoms with Crippen molar-refractivity contribution in [3.05, 3.63) is 59.7 Å². The van der Waals surface area contributed by atoms with Gasteiger partial charge in [-0.25, -0.2) is 0 Å². The monoisotopic (exact) mass is 284 g/mol. The fourth-order valence-corrected chi connectivity index (χ4v) is 1.85. The highest BCUT2D eigenvalue weighted by Gasteiger charge is 2.09. The number of phenols is 1. The molecule has 0 atom stereocenters. The Morgan fingerprint density at radius 1 is 1.05 bits per heavy atom. The molecule has 0 aromatic heterocycles. The van der Waals surface area contributed by atoms with Gasteiger partial charge in [0.2, 0.25) is 0 Å². The first-order chi connectivity index (χ1) is 10.1. The first-order valence-corrected chi connectivity index (χ1v) is 6.37. The highest BCUT2D eigenvalue weighted by Crippen LogP contribution is 2.24. The molecule has 4 nitrogen and oxygen atoms in total. The number of aromatic hydroxyl groups is 1. The number of ketones is 1. The summed E-state index contributed by atoms with van der Waals surface area (Å²) >= 11 is 0. The molecule has 0 spiro atoms. The zero-order valence-corrected chi connectivity index (χ0v) is 11.9. The molecule has 0 heterocycles. The lowest BCUT2D eigenvalue weighted by molar-refractivity contribution is 0.104. The van der Waals surface area contributed by atoms with Crippen molar-refractivity contribution in [2.45, 2.75) is 0 Å². The van der Waals surface area contributed by atoms with Gasteiger partial charge in [0.1, 0.15) is 17.2 Å². The Balaban J connectivity index is 2.19. The molecule has 0 fully saturated rings. The molecule has 0 radical (unpaired) electrons. The van der Waals surface area contributed by atoms with Crippen LogP contribution in [-0.4, -0.2) is 25.1 Å². The van der Waals surface area contributed by atoms with Crippen LogP contribution in [0.3, 0.4) is 0 Å². The standard InChI is InChI=1S/C17H16O4/c1-20-13-5-3-4-12(10-13)6-9-16(18)15-8-7-14(21-2)11-17(15)19/h3-11,19H,1-2H3/b9-6+. The van der Waals surface area contributed by atoms with Gasteiger partial charge in [0.25, 0.3) is 0 Å². The predicted octanol–water partition coefficient (Wildman–Crippen LogP) is 3.31. The number of hydrogen-bond donors (Lipinski definition) is 1. The second-order valence-corrected chi connectivity index (χ2v) is 4.36. The Labute approximate surface area is 123 Å². The van der Waals surface area contributed by atoms with Crippen LogP contribution in [0.25, 0.3) is 6.08 Å². The summed E-state index contributed by atoms with van der Waals surface area (Å²) in [6, 6.07) is 11.9. The molecule has 0 saturated carbocycles. The molecular weight excluding hydrogens is 268 g/mol. The highest BCUT2D eigenvalue weighted by atomic mass is 16.5. The molecule has 0 unspecified atom stereocenters. The summed E-state index contributed by atoms with van der Waals surface area (Å²) in [6.45, 7) is 0. The molecule has 0 aliphatic carbocycles. The maximum Gasteiger partial charge on any atom is 0.189 e. The van der Waals surface area contributed by atoms with E-state index in [1.807, 2.05) is 24.3 Å². The molecule has 21 heavy (non-hydrogen) atoms. The molecule has 0 aliphatic heterocycles. The van der Waals surface area contributed by atoms with Crippen LogP contribution in [0.1, 0.15) is 15.9 Å². The SMILES string of the molecule is COc1cccc(/C=C/C(=O)c2ccc(OC)cc2O)c1. The zero-order valence-electron chi connectivity index (χ0n) is 11.9. The Morgan fingerprint density at radius 2 is 1.76 bits per heavy atom. The van der Waals surface area contributed by atoms with Crippen LogP contribution < -0.4 is 9.47 Å². The molecule has 2 aromatic carbocycles. The van der Waals surface area contributed by atoms with Crippen LogP contribution in [-0.2, 0) is 0 Å². The number of methoxy groups -OCH3 is 2. The van der Waals surface area contributed by atoms with Gasteiger partial charge in [-0.2, -0.15) is 0 Å². The van der Waals surface area contributed by atoms with Gasteiger partial charge in [0.15, 0.2) is 5.78 Å². The Hall–Kier alpha value is -2.75. The first kappa shape index (κ1) is 14.7. The molecule has 108 valence electrons. The second-order valence-electron chi connectivity index (χ2n) is 4.36. The van der Waals surface area contributed by atoms with E-state index in [4.69, 9.17) is 9.47 Å². The summed E-state index contributed by atoms with van der Waals surface area (Å²) in [5.74, 6) is 0.838. The number of hydrogen-bond acceptors (Lipinski definition) is 4. The van der Waals surface area contributed by atoms with Gasteiger partial charge in [-0.15, -0.1) is 0 Å². The van der Waals surface area contributed by atoms with Crippen molar-refractivity contribution in [2.24, 2.45) is 0 Å². The van der Waals surface area contributed by atoms with Gasteiger partial charge in [0.05, 0.1) is 19.8 Å². The van der Waals surface area contributed by atoms with E-state index in [2.05, 4.69) is 0 Å². The fourth-order valence-electron chi connectivity index (χ4n) is 1.85. The van der Waals surface area contributed by atoms with Gasteiger partial charge in [-0.1, -0.05) is 18.2 Å². The molecule has 0 amide bonds. The number of carbonyl (C=O) groups is 1. The molecular formula is C17H16O4. The third-order valence-electron chi connectivity index (χ3n) is 2.99. The quantitative estimate of drug-likeness (QED) is 0.676. The minimum absolute atomic E-state index is 0.102. The molecule has 1 N–H and O–H groups in total. The molecule has 2 rings (SSSR count). The lowest BCUT2D eigenvalue weighted by Crippen LogP contribution is -1.95. The van der Waals surface area contributed by atoms with E-state index in [0.29, 0.717) is 5.75 Å². The van der Waals surface area contributed by atoms with Crippen molar-refractivity contribution in [2.75, 3.05) is 14.2 Å². The summed E-state index contributed by atoms with van der Waals surface area (Å²) in [5, 5.41) is 9.82. The number of ether oxygens (including phenoxy) is 2. The maximum absolute atomic E-state index is 12.1. The van der Waals surface area contributed by atoms with E-state index < -0.39 is 0 Å². The van der Waals surface area contributed by atoms with Crippen molar-refractivity contribution < 1.29 is 19.4 Å². The van der Waals surface area contributed by atoms with Gasteiger partial charge < -0.3 is 14.6 Å². The molecule has 0 saturated heterocycles. The third-order valence-corrected chi connectivity index (χ3v) is 2.99. The van der Waals surface area contributed by atoms with E-state index in [9.17, 15) is 9.90 Å². The smallest absolute Gasteiger partial charge is 0.189 e. The topological polar surface area (TPSA) is 55.8 Å². The van der Waals surface area contributed by atoms with E-state index in [1.165, 1.54) is 25.3 Å². The van der Waals surface area contributed by atoms with Crippen molar-refractivity contribution in [3.8, 4) is 17.2 Å². The molecule has 0 aliphatic rings. The number of benzene rings is 2. The van der Waals surface area contributed by atoms with Crippen LogP contribution in [0.5, 0.6) is 17.2 Å². The summed E-state index contributed by atoms with van der Waals surface area (Å²) in [4.78, 5) is 12.1. The fraction of sp³-hybridized carbons (Fsp3) is 0.118. The summed E-state index contributed by atoms with van der Waals surface area (Å²) in [6.07, 6.45) is 3.09. The van der Waals surface area contributed by atoms with E-state index in [0.717, 1.165) is 11.3 Å². The summed E-state index contributed by atoms with van der Waals surface area (Å²) < 4.78 is 10.1. The number of phenolic OH excluding ortho intramolecular Hbond substituents is 1. The lowest BCUT2D eigenvalue weighted by atomic mass is 10.1. The van der Waals surface area contributed by atoms with Gasteiger partial charge in [-0.3, -0.25) is 4.79 Å². The maximum atomic E-state index is 12.1. The van der Waals surface area contributed by atoms with Gasteiger partial charge in [-0.05, 0) is 35.9 Å². The Bertz CT molecular complexity index is 674. The first-order valence-electron chi connectivity index (χ1n) is 6.37. The van der Waals surface area contributed by atoms with Crippen LogP contribution in [0.4, 0.5) is 0 Å². The van der Waals surface area contributed by atoms with Crippen molar-refractivity contribution in [3.63, 3.8) is 0 Å². The minimum atomic E-state index is -0.280. The number of carbonyl (C=O) groups excluding carboxylic acids is 1. The Morgan fingerprint density at radius 3 is 2.43 bits per heavy atom. The van der Waals surface area contributed by atoms with Crippen LogP contribution >= 0.6 is 0 Å². The molecule has 2 aromatic rings. The van der Waals surface area contributed by atoms with Crippen LogP contribution in [0.2, 0.25) is 0 Å². The van der Waals surface area contributed by atoms with Crippen LogP contribution in [0.15, 0.2) is 48.5 Å². The molecule has 0 bridgehead atoms. The summed E-state index contributed by atoms with van der Waals surface area (Å²) in [7, 11) is 3.09. The van der Waals surface area contributed by atoms with Crippen molar-refractivity contribution in [1.29, 1.82) is 0 Å². The van der Waals surface area contributed by atoms with E-state index in [-0.39, 0.29) is 17.1 Å². The second kappa shape index (κ2) is 6.61. The average molecular weight is 284 g/mol. The summed E-state index contributed by atoms with van der Waals surface area (Å²) in [5.41, 5.74) is 1.07. The minimum Gasteiger partial charge on any atom is -0.507 e. The molecule has 4 heteroatoms. The van der Waals surface area contributed by atoms with E-state index in [1.54, 1.807) is 19.3 Å². The zero-order chi connectivity index (χ0) is 15.2. The number of allylic oxidation sites excluding steroid dienone is 1. The van der Waals surface area contributed by atoms with Crippen molar-refractivity contribution >= 4 is 11.9 Å². The van der Waals surface area contributed by atoms with Gasteiger partial charge >= 0.3 is 0 Å². The highest BCUT2D eigenvalue weighted by molar-refractivity contribution is 6.08. The average Bonchev–Trinajstić information content (AvgIpc) is 2.52.